The molecule has 8 atom stereocenters. The summed E-state index contributed by atoms with van der Waals surface area (Å²) in [4.78, 5) is 89.7. The largest absolute Gasteiger partial charge is 0.464 e. The van der Waals surface area contributed by atoms with Gasteiger partial charge in [0.25, 0.3) is 5.91 Å². The Kier molecular flexibility index (Phi) is 14.9. The lowest BCUT2D eigenvalue weighted by atomic mass is 9.83. The second kappa shape index (κ2) is 21.3. The van der Waals surface area contributed by atoms with Gasteiger partial charge in [-0.15, -0.1) is 11.3 Å². The summed E-state index contributed by atoms with van der Waals surface area (Å²) >= 11 is 1.50. The first kappa shape index (κ1) is 53.0. The van der Waals surface area contributed by atoms with E-state index < -0.39 is 29.5 Å². The van der Waals surface area contributed by atoms with Gasteiger partial charge in [0, 0.05) is 111 Å². The van der Waals surface area contributed by atoms with Gasteiger partial charge >= 0.3 is 5.97 Å². The van der Waals surface area contributed by atoms with Gasteiger partial charge in [-0.3, -0.25) is 43.8 Å². The Balaban J connectivity index is 0.878. The average Bonchev–Trinajstić information content (AvgIpc) is 4.01. The van der Waals surface area contributed by atoms with Crippen LogP contribution in [0.3, 0.4) is 0 Å². The topological polar surface area (TPSA) is 174 Å². The zero-order valence-electron chi connectivity index (χ0n) is 45.9. The van der Waals surface area contributed by atoms with Gasteiger partial charge in [-0.2, -0.15) is 0 Å². The van der Waals surface area contributed by atoms with Crippen molar-refractivity contribution in [3.8, 4) is 11.3 Å². The van der Waals surface area contributed by atoms with Crippen LogP contribution >= 0.6 is 11.3 Å². The van der Waals surface area contributed by atoms with Crippen LogP contribution < -0.4 is 10.7 Å². The van der Waals surface area contributed by atoms with Gasteiger partial charge in [-0.1, -0.05) is 32.8 Å². The molecule has 2 aliphatic carbocycles. The number of aliphatic imine (C=N–C) groups is 1. The zero-order valence-corrected chi connectivity index (χ0v) is 46.7. The fourth-order valence-electron chi connectivity index (χ4n) is 13.9. The molecule has 8 heterocycles. The van der Waals surface area contributed by atoms with Gasteiger partial charge in [-0.25, -0.2) is 10.4 Å². The number of thiazole rings is 1. The fraction of sp³-hybridized carbons (Fsp3) is 0.672. The number of methoxy groups -OCH3 is 1. The second-order valence-electron chi connectivity index (χ2n) is 24.5. The van der Waals surface area contributed by atoms with E-state index in [-0.39, 0.29) is 72.7 Å². The SMILES string of the molecule is CCn1c(C2=C([C@H](C)OC)N=CCC2)c2c3cc(ccc31)-c1csc(n1)C[C@H](NC(=O)[C@H](C1CCCC1)N1CC[C@]3(CCN(C(=O)[C@H]4[C@@H](C5CC5)N4CC(=O)N(C)C)C3)C1)C(=O)N1CCC[C@H](N1)C(=O)OCC(C)(C)C2. The van der Waals surface area contributed by atoms with Crippen LogP contribution in [0.5, 0.6) is 0 Å². The van der Waals surface area contributed by atoms with Crippen LogP contribution in [0.2, 0.25) is 0 Å². The smallest absolute Gasteiger partial charge is 0.324 e. The predicted octanol–water partition coefficient (Wildman–Crippen LogP) is 6.08. The number of allylic oxidation sites excluding steroid dienone is 1. The van der Waals surface area contributed by atoms with E-state index in [4.69, 9.17) is 19.5 Å². The number of hydrogen-bond acceptors (Lipinski definition) is 13. The predicted molar refractivity (Wildman–Crippen MR) is 293 cm³/mol. The molecule has 410 valence electrons. The molecule has 18 heteroatoms. The fourth-order valence-corrected chi connectivity index (χ4v) is 14.8. The summed E-state index contributed by atoms with van der Waals surface area (Å²) in [6, 6.07) is 4.39. The number of nitrogens with one attached hydrogen (secondary N) is 2. The van der Waals surface area contributed by atoms with E-state index in [1.54, 1.807) is 26.1 Å². The number of hydrazine groups is 1. The molecule has 76 heavy (non-hydrogen) atoms. The number of carbonyl (C=O) groups is 5. The van der Waals surface area contributed by atoms with E-state index in [0.717, 1.165) is 116 Å². The van der Waals surface area contributed by atoms with Gasteiger partial charge in [0.15, 0.2) is 0 Å². The van der Waals surface area contributed by atoms with Crippen LogP contribution in [0.15, 0.2) is 34.3 Å². The van der Waals surface area contributed by atoms with E-state index in [1.807, 2.05) is 18.0 Å². The van der Waals surface area contributed by atoms with Crippen LogP contribution in [0, 0.1) is 22.7 Å². The molecule has 4 saturated heterocycles. The highest BCUT2D eigenvalue weighted by atomic mass is 32.1. The number of amides is 4. The number of ether oxygens (including phenoxy) is 2. The average molecular weight is 1060 g/mol. The lowest BCUT2D eigenvalue weighted by Gasteiger charge is -2.37. The van der Waals surface area contributed by atoms with Crippen LogP contribution in [0.4, 0.5) is 0 Å². The molecule has 1 aromatic carbocycles. The van der Waals surface area contributed by atoms with Crippen molar-refractivity contribution in [1.29, 1.82) is 0 Å². The first-order valence-electron chi connectivity index (χ1n) is 28.5. The van der Waals surface area contributed by atoms with Gasteiger partial charge in [-0.05, 0) is 121 Å². The maximum atomic E-state index is 15.3. The number of aryl methyl sites for hydroxylation is 1. The maximum absolute atomic E-state index is 15.3. The van der Waals surface area contributed by atoms with Crippen molar-refractivity contribution < 1.29 is 33.4 Å². The molecule has 1 spiro atoms. The maximum Gasteiger partial charge on any atom is 0.324 e. The molecule has 1 unspecified atom stereocenters. The van der Waals surface area contributed by atoms with E-state index >= 15 is 9.59 Å². The standard InChI is InChI=1S/C58H80N10O7S/c1-8-66-45-20-19-38-27-40(45)41(51(66)39-15-11-23-59-48(39)35(2)74-7)29-57(3,4)34-75-56(73)42-16-12-24-68(62-42)54(71)43(28-46-60-44(38)31-76-46)61-53(70)50(36-13-9-10-14-36)64-25-21-58(32-64)22-26-65(33-58)55(72)52-49(37-17-18-37)67(52)30-47(69)63(5)6/h19-20,23,27,31,35-37,42-43,49-50,52,62H,8-18,21-22,24-26,28-30,32-34H2,1-7H3,(H,61,70)/t35-,42-,43-,49+,50-,52+,58-,67?/m0/s1. The molecule has 17 nitrogen and oxygen atoms in total. The van der Waals surface area contributed by atoms with Crippen LogP contribution in [0.25, 0.3) is 27.7 Å². The third kappa shape index (κ3) is 10.4. The third-order valence-electron chi connectivity index (χ3n) is 18.3. The number of likely N-dealkylation sites (tertiary alicyclic amines) is 2. The summed E-state index contributed by atoms with van der Waals surface area (Å²) in [6.07, 6.45) is 13.4. The molecule has 11 rings (SSSR count). The minimum absolute atomic E-state index is 0.0261. The number of carbonyl (C=O) groups excluding carboxylic acids is 5. The Bertz CT molecular complexity index is 2810. The summed E-state index contributed by atoms with van der Waals surface area (Å²) in [5.41, 5.74) is 10.0. The second-order valence-corrected chi connectivity index (χ2v) is 25.4. The molecule has 0 radical (unpaired) electrons. The number of cyclic esters (lactones) is 1. The van der Waals surface area contributed by atoms with Gasteiger partial charge in [0.05, 0.1) is 47.4 Å². The van der Waals surface area contributed by atoms with Crippen molar-refractivity contribution in [3.05, 3.63) is 45.5 Å². The molecular weight excluding hydrogens is 981 g/mol. The monoisotopic (exact) mass is 1060 g/mol. The van der Waals surface area contributed by atoms with Crippen LogP contribution in [-0.2, 0) is 52.8 Å². The normalized spacial score (nSPS) is 29.0. The van der Waals surface area contributed by atoms with Crippen molar-refractivity contribution in [3.63, 3.8) is 0 Å². The molecule has 3 aromatic rings. The van der Waals surface area contributed by atoms with Gasteiger partial charge < -0.3 is 29.2 Å². The first-order chi connectivity index (χ1) is 36.6. The highest BCUT2D eigenvalue weighted by Gasteiger charge is 2.61. The molecular formula is C58H80N10O7S. The Morgan fingerprint density at radius 1 is 1.03 bits per heavy atom. The van der Waals surface area contributed by atoms with E-state index in [0.29, 0.717) is 51.4 Å². The lowest BCUT2D eigenvalue weighted by molar-refractivity contribution is -0.155. The highest BCUT2D eigenvalue weighted by Crippen LogP contribution is 2.49. The van der Waals surface area contributed by atoms with E-state index in [2.05, 4.69) is 69.5 Å². The molecule has 8 aliphatic rings. The number of likely N-dealkylation sites (N-methyl/N-ethyl adjacent to an activating group) is 1. The Labute approximate surface area is 452 Å². The molecule has 4 amide bonds. The number of benzene rings is 1. The van der Waals surface area contributed by atoms with E-state index in [9.17, 15) is 14.4 Å². The summed E-state index contributed by atoms with van der Waals surface area (Å²) < 4.78 is 14.5. The number of aromatic nitrogens is 2. The Morgan fingerprint density at radius 2 is 1.82 bits per heavy atom. The van der Waals surface area contributed by atoms with Crippen molar-refractivity contribution in [2.45, 2.75) is 160 Å². The van der Waals surface area contributed by atoms with Crippen molar-refractivity contribution in [2.75, 3.05) is 67.1 Å². The number of esters is 1. The first-order valence-corrected chi connectivity index (χ1v) is 29.4. The quantitative estimate of drug-likeness (QED) is 0.159. The number of hydrogen-bond donors (Lipinski definition) is 2. The summed E-state index contributed by atoms with van der Waals surface area (Å²) in [5, 5.41) is 8.78. The highest BCUT2D eigenvalue weighted by molar-refractivity contribution is 7.10. The zero-order chi connectivity index (χ0) is 53.2. The lowest BCUT2D eigenvalue weighted by Crippen LogP contribution is -2.62. The van der Waals surface area contributed by atoms with Crippen LogP contribution in [0.1, 0.15) is 121 Å². The molecule has 2 aromatic heterocycles. The van der Waals surface area contributed by atoms with E-state index in [1.165, 1.54) is 27.5 Å². The van der Waals surface area contributed by atoms with Crippen molar-refractivity contribution in [2.24, 2.45) is 27.7 Å². The van der Waals surface area contributed by atoms with Crippen LogP contribution in [-0.4, -0.2) is 173 Å². The number of fused-ring (bicyclic) bond motifs is 6. The molecule has 2 saturated carbocycles. The Morgan fingerprint density at radius 3 is 2.57 bits per heavy atom. The summed E-state index contributed by atoms with van der Waals surface area (Å²) in [5.74, 6) is -0.0403. The molecule has 6 fully saturated rings. The minimum atomic E-state index is -0.947. The third-order valence-corrected chi connectivity index (χ3v) is 19.2. The number of nitrogens with zero attached hydrogens (tertiary/aromatic N) is 8. The Hall–Kier alpha value is -5.01. The minimum Gasteiger partial charge on any atom is -0.464 e. The van der Waals surface area contributed by atoms with Crippen molar-refractivity contribution in [1.82, 2.24) is 44.9 Å². The molecule has 6 bridgehead atoms. The van der Waals surface area contributed by atoms with Crippen molar-refractivity contribution >= 4 is 63.6 Å². The molecule has 2 N–H and O–H groups in total. The van der Waals surface area contributed by atoms with Gasteiger partial charge in [0.2, 0.25) is 17.7 Å². The summed E-state index contributed by atoms with van der Waals surface area (Å²) in [7, 11) is 5.26. The van der Waals surface area contributed by atoms with Gasteiger partial charge in [0.1, 0.15) is 18.1 Å². The summed E-state index contributed by atoms with van der Waals surface area (Å²) in [6.45, 7) is 12.9. The number of rotatable bonds is 12. The molecule has 6 aliphatic heterocycles.